The van der Waals surface area contributed by atoms with Gasteiger partial charge in [0, 0.05) is 31.1 Å². The number of nitrogens with one attached hydrogen (secondary N) is 1. The van der Waals surface area contributed by atoms with Gasteiger partial charge in [0.25, 0.3) is 0 Å². The molecule has 1 aromatic carbocycles. The van der Waals surface area contributed by atoms with Crippen molar-refractivity contribution in [3.63, 3.8) is 0 Å². The molecule has 1 aromatic rings. The number of piperidine rings is 1. The van der Waals surface area contributed by atoms with E-state index in [2.05, 4.69) is 16.3 Å². The quantitative estimate of drug-likeness (QED) is 0.890. The van der Waals surface area contributed by atoms with Gasteiger partial charge in [0.1, 0.15) is 5.75 Å². The van der Waals surface area contributed by atoms with Crippen LogP contribution in [-0.4, -0.2) is 38.2 Å². The first-order chi connectivity index (χ1) is 11.2. The highest BCUT2D eigenvalue weighted by Crippen LogP contribution is 2.30. The molecule has 2 atom stereocenters. The van der Waals surface area contributed by atoms with Crippen LogP contribution in [0.4, 0.5) is 5.69 Å². The van der Waals surface area contributed by atoms with Gasteiger partial charge in [-0.15, -0.1) is 0 Å². The van der Waals surface area contributed by atoms with Crippen molar-refractivity contribution in [2.75, 3.05) is 25.1 Å². The molecule has 0 spiro atoms. The predicted octanol–water partition coefficient (Wildman–Crippen LogP) is 1.91. The summed E-state index contributed by atoms with van der Waals surface area (Å²) in [5.41, 5.74) is 7.05. The summed E-state index contributed by atoms with van der Waals surface area (Å²) in [4.78, 5) is 14.7. The number of nitrogens with zero attached hydrogens (tertiary/aromatic N) is 1. The highest BCUT2D eigenvalue weighted by Gasteiger charge is 2.30. The van der Waals surface area contributed by atoms with Crippen molar-refractivity contribution >= 4 is 11.6 Å². The number of nitrogens with two attached hydrogens (primary N) is 1. The first kappa shape index (κ1) is 16.1. The van der Waals surface area contributed by atoms with Crippen LogP contribution in [-0.2, 0) is 4.79 Å². The normalized spacial score (nSPS) is 25.4. The number of rotatable bonds is 4. The molecular formula is C18H27N3O2. The minimum Gasteiger partial charge on any atom is -0.495 e. The average Bonchev–Trinajstić information content (AvgIpc) is 3.02. The Kier molecular flexibility index (Phi) is 5.06. The molecule has 2 fully saturated rings. The zero-order chi connectivity index (χ0) is 16.2. The molecule has 2 unspecified atom stereocenters. The molecule has 1 amide bonds. The summed E-state index contributed by atoms with van der Waals surface area (Å²) in [5, 5.41) is 3.23. The second-order valence-corrected chi connectivity index (χ2v) is 6.71. The van der Waals surface area contributed by atoms with Crippen LogP contribution in [0.25, 0.3) is 0 Å². The van der Waals surface area contributed by atoms with Crippen LogP contribution in [0.15, 0.2) is 24.3 Å². The van der Waals surface area contributed by atoms with E-state index in [4.69, 9.17) is 10.5 Å². The highest BCUT2D eigenvalue weighted by atomic mass is 16.5. The third kappa shape index (κ3) is 3.78. The summed E-state index contributed by atoms with van der Waals surface area (Å²) < 4.78 is 5.44. The van der Waals surface area contributed by atoms with E-state index in [0.29, 0.717) is 0 Å². The molecule has 1 saturated carbocycles. The molecule has 0 aromatic heterocycles. The number of ether oxygens (including phenoxy) is 1. The largest absolute Gasteiger partial charge is 0.495 e. The topological polar surface area (TPSA) is 67.6 Å². The van der Waals surface area contributed by atoms with E-state index in [0.717, 1.165) is 56.6 Å². The Morgan fingerprint density at radius 3 is 2.61 bits per heavy atom. The summed E-state index contributed by atoms with van der Waals surface area (Å²) in [6.07, 6.45) is 4.70. The standard InChI is InChI=1S/C18H27N3O2/c1-23-17-5-3-2-4-16(17)21-10-8-15(9-11-21)20-18(22)13-6-7-14(19)12-13/h2-5,13-15H,6-12,19H2,1H3,(H,20,22). The molecule has 1 aliphatic heterocycles. The zero-order valence-electron chi connectivity index (χ0n) is 13.8. The van der Waals surface area contributed by atoms with E-state index >= 15 is 0 Å². The lowest BCUT2D eigenvalue weighted by molar-refractivity contribution is -0.125. The minimum absolute atomic E-state index is 0.122. The maximum absolute atomic E-state index is 12.3. The zero-order valence-corrected chi connectivity index (χ0v) is 13.8. The van der Waals surface area contributed by atoms with Crippen LogP contribution in [0.5, 0.6) is 5.75 Å². The number of amides is 1. The molecule has 2 aliphatic rings. The van der Waals surface area contributed by atoms with E-state index in [1.165, 1.54) is 0 Å². The number of anilines is 1. The Morgan fingerprint density at radius 2 is 1.96 bits per heavy atom. The number of hydrogen-bond acceptors (Lipinski definition) is 4. The Bertz CT molecular complexity index is 541. The maximum Gasteiger partial charge on any atom is 0.223 e. The van der Waals surface area contributed by atoms with Gasteiger partial charge in [0.05, 0.1) is 12.8 Å². The summed E-state index contributed by atoms with van der Waals surface area (Å²) in [5.74, 6) is 1.24. The molecule has 23 heavy (non-hydrogen) atoms. The molecule has 126 valence electrons. The predicted molar refractivity (Wildman–Crippen MR) is 91.7 cm³/mol. The maximum atomic E-state index is 12.3. The smallest absolute Gasteiger partial charge is 0.223 e. The first-order valence-corrected chi connectivity index (χ1v) is 8.61. The number of para-hydroxylation sites is 2. The molecule has 0 bridgehead atoms. The SMILES string of the molecule is COc1ccccc1N1CCC(NC(=O)C2CCC(N)C2)CC1. The monoisotopic (exact) mass is 317 g/mol. The van der Waals surface area contributed by atoms with Crippen LogP contribution < -0.4 is 20.7 Å². The molecule has 3 N–H and O–H groups in total. The minimum atomic E-state index is 0.122. The molecule has 1 heterocycles. The lowest BCUT2D eigenvalue weighted by Gasteiger charge is -2.35. The van der Waals surface area contributed by atoms with Gasteiger partial charge in [-0.05, 0) is 44.2 Å². The Labute approximate surface area is 138 Å². The van der Waals surface area contributed by atoms with Crippen molar-refractivity contribution in [1.82, 2.24) is 5.32 Å². The molecule has 0 radical (unpaired) electrons. The second-order valence-electron chi connectivity index (χ2n) is 6.71. The van der Waals surface area contributed by atoms with E-state index in [-0.39, 0.29) is 23.9 Å². The lowest BCUT2D eigenvalue weighted by atomic mass is 10.0. The van der Waals surface area contributed by atoms with Crippen LogP contribution in [0.2, 0.25) is 0 Å². The average molecular weight is 317 g/mol. The highest BCUT2D eigenvalue weighted by molar-refractivity contribution is 5.79. The van der Waals surface area contributed by atoms with Gasteiger partial charge < -0.3 is 20.7 Å². The fourth-order valence-electron chi connectivity index (χ4n) is 3.73. The number of carbonyl (C=O) groups excluding carboxylic acids is 1. The van der Waals surface area contributed by atoms with Crippen LogP contribution in [0.3, 0.4) is 0 Å². The number of benzene rings is 1. The summed E-state index contributed by atoms with van der Waals surface area (Å²) in [6, 6.07) is 8.60. The lowest BCUT2D eigenvalue weighted by Crippen LogP contribution is -2.46. The number of carbonyl (C=O) groups is 1. The van der Waals surface area contributed by atoms with E-state index in [1.54, 1.807) is 7.11 Å². The van der Waals surface area contributed by atoms with Gasteiger partial charge in [0.2, 0.25) is 5.91 Å². The summed E-state index contributed by atoms with van der Waals surface area (Å²) >= 11 is 0. The van der Waals surface area contributed by atoms with E-state index < -0.39 is 0 Å². The Hall–Kier alpha value is -1.75. The van der Waals surface area contributed by atoms with Crippen molar-refractivity contribution in [3.8, 4) is 5.75 Å². The van der Waals surface area contributed by atoms with Crippen LogP contribution >= 0.6 is 0 Å². The van der Waals surface area contributed by atoms with Crippen molar-refractivity contribution in [1.29, 1.82) is 0 Å². The van der Waals surface area contributed by atoms with Crippen molar-refractivity contribution in [3.05, 3.63) is 24.3 Å². The van der Waals surface area contributed by atoms with Gasteiger partial charge in [0.15, 0.2) is 0 Å². The third-order valence-electron chi connectivity index (χ3n) is 5.11. The van der Waals surface area contributed by atoms with Crippen molar-refractivity contribution in [2.45, 2.75) is 44.2 Å². The molecule has 5 heteroatoms. The van der Waals surface area contributed by atoms with Gasteiger partial charge in [-0.3, -0.25) is 4.79 Å². The molecule has 1 aliphatic carbocycles. The molecule has 3 rings (SSSR count). The van der Waals surface area contributed by atoms with Gasteiger partial charge in [-0.1, -0.05) is 12.1 Å². The van der Waals surface area contributed by atoms with Crippen molar-refractivity contribution < 1.29 is 9.53 Å². The second kappa shape index (κ2) is 7.21. The Balaban J connectivity index is 1.51. The van der Waals surface area contributed by atoms with Gasteiger partial charge in [-0.25, -0.2) is 0 Å². The van der Waals surface area contributed by atoms with Gasteiger partial charge >= 0.3 is 0 Å². The fourth-order valence-corrected chi connectivity index (χ4v) is 3.73. The van der Waals surface area contributed by atoms with E-state index in [1.807, 2.05) is 18.2 Å². The number of hydrogen-bond donors (Lipinski definition) is 2. The van der Waals surface area contributed by atoms with Crippen LogP contribution in [0, 0.1) is 5.92 Å². The third-order valence-corrected chi connectivity index (χ3v) is 5.11. The van der Waals surface area contributed by atoms with Crippen LogP contribution in [0.1, 0.15) is 32.1 Å². The van der Waals surface area contributed by atoms with Gasteiger partial charge in [-0.2, -0.15) is 0 Å². The number of methoxy groups -OCH3 is 1. The van der Waals surface area contributed by atoms with E-state index in [9.17, 15) is 4.79 Å². The molecule has 1 saturated heterocycles. The molecular weight excluding hydrogens is 290 g/mol. The fraction of sp³-hybridized carbons (Fsp3) is 0.611. The molecule has 5 nitrogen and oxygen atoms in total. The first-order valence-electron chi connectivity index (χ1n) is 8.61. The van der Waals surface area contributed by atoms with Crippen molar-refractivity contribution in [2.24, 2.45) is 11.7 Å². The summed E-state index contributed by atoms with van der Waals surface area (Å²) in [7, 11) is 1.71. The summed E-state index contributed by atoms with van der Waals surface area (Å²) in [6.45, 7) is 1.88. The Morgan fingerprint density at radius 1 is 1.22 bits per heavy atom.